The van der Waals surface area contributed by atoms with Gasteiger partial charge in [0.05, 0.1) is 0 Å². The molecule has 0 spiro atoms. The third-order valence-corrected chi connectivity index (χ3v) is 3.59. The largest absolute Gasteiger partial charge is 0.482 e. The molecule has 0 fully saturated rings. The third kappa shape index (κ3) is 5.95. The summed E-state index contributed by atoms with van der Waals surface area (Å²) < 4.78 is 10.5. The maximum absolute atomic E-state index is 11.8. The molecule has 132 valence electrons. The van der Waals surface area contributed by atoms with E-state index in [2.05, 4.69) is 19.2 Å². The zero-order chi connectivity index (χ0) is 18.2. The Hall–Kier alpha value is -2.82. The lowest BCUT2D eigenvalue weighted by atomic mass is 10.0. The third-order valence-electron chi connectivity index (χ3n) is 3.59. The summed E-state index contributed by atoms with van der Waals surface area (Å²) in [5.41, 5.74) is 2.78. The van der Waals surface area contributed by atoms with Crippen molar-refractivity contribution >= 4 is 17.6 Å². The standard InChI is InChI=1S/C20H23NO4/c1-14(2)17-6-4-5-7-18(17)24-13-20(23)25-12-19(22)21-16-10-8-15(3)9-11-16/h4-11,14H,12-13H2,1-3H3,(H,21,22). The van der Waals surface area contributed by atoms with E-state index in [9.17, 15) is 9.59 Å². The van der Waals surface area contributed by atoms with Crippen molar-refractivity contribution in [2.24, 2.45) is 0 Å². The number of hydrogen-bond acceptors (Lipinski definition) is 4. The van der Waals surface area contributed by atoms with Crippen LogP contribution < -0.4 is 10.1 Å². The van der Waals surface area contributed by atoms with Gasteiger partial charge < -0.3 is 14.8 Å². The van der Waals surface area contributed by atoms with Crippen molar-refractivity contribution in [2.75, 3.05) is 18.5 Å². The molecule has 0 unspecified atom stereocenters. The summed E-state index contributed by atoms with van der Waals surface area (Å²) in [5.74, 6) is -0.0385. The van der Waals surface area contributed by atoms with Gasteiger partial charge in [0.25, 0.3) is 5.91 Å². The van der Waals surface area contributed by atoms with Crippen molar-refractivity contribution < 1.29 is 19.1 Å². The maximum Gasteiger partial charge on any atom is 0.344 e. The average Bonchev–Trinajstić information content (AvgIpc) is 2.60. The van der Waals surface area contributed by atoms with E-state index in [1.807, 2.05) is 43.3 Å². The summed E-state index contributed by atoms with van der Waals surface area (Å²) in [6.45, 7) is 5.49. The first-order chi connectivity index (χ1) is 12.0. The normalized spacial score (nSPS) is 10.4. The Balaban J connectivity index is 1.77. The average molecular weight is 341 g/mol. The lowest BCUT2D eigenvalue weighted by Gasteiger charge is -2.13. The van der Waals surface area contributed by atoms with Crippen LogP contribution in [0.2, 0.25) is 0 Å². The van der Waals surface area contributed by atoms with Crippen molar-refractivity contribution in [2.45, 2.75) is 26.7 Å². The number of hydrogen-bond donors (Lipinski definition) is 1. The molecular formula is C20H23NO4. The zero-order valence-electron chi connectivity index (χ0n) is 14.7. The molecule has 0 bridgehead atoms. The van der Waals surface area contributed by atoms with Crippen molar-refractivity contribution in [3.63, 3.8) is 0 Å². The number of esters is 1. The number of amides is 1. The van der Waals surface area contributed by atoms with E-state index in [4.69, 9.17) is 9.47 Å². The Morgan fingerprint density at radius 3 is 2.36 bits per heavy atom. The number of rotatable bonds is 7. The molecular weight excluding hydrogens is 318 g/mol. The quantitative estimate of drug-likeness (QED) is 0.780. The molecule has 0 aromatic heterocycles. The predicted molar refractivity (Wildman–Crippen MR) is 96.8 cm³/mol. The van der Waals surface area contributed by atoms with E-state index in [-0.39, 0.29) is 25.0 Å². The smallest absolute Gasteiger partial charge is 0.344 e. The van der Waals surface area contributed by atoms with Crippen LogP contribution in [0.3, 0.4) is 0 Å². The molecule has 5 nitrogen and oxygen atoms in total. The molecule has 0 aliphatic carbocycles. The lowest BCUT2D eigenvalue weighted by Crippen LogP contribution is -2.23. The fourth-order valence-electron chi connectivity index (χ4n) is 2.25. The fourth-order valence-corrected chi connectivity index (χ4v) is 2.25. The summed E-state index contributed by atoms with van der Waals surface area (Å²) >= 11 is 0. The summed E-state index contributed by atoms with van der Waals surface area (Å²) in [4.78, 5) is 23.6. The van der Waals surface area contributed by atoms with E-state index < -0.39 is 5.97 Å². The van der Waals surface area contributed by atoms with E-state index in [0.29, 0.717) is 11.4 Å². The van der Waals surface area contributed by atoms with Gasteiger partial charge in [-0.3, -0.25) is 4.79 Å². The van der Waals surface area contributed by atoms with Crippen LogP contribution in [-0.2, 0) is 14.3 Å². The van der Waals surface area contributed by atoms with Crippen LogP contribution in [0.25, 0.3) is 0 Å². The van der Waals surface area contributed by atoms with Gasteiger partial charge in [-0.2, -0.15) is 0 Å². The van der Waals surface area contributed by atoms with Crippen LogP contribution in [-0.4, -0.2) is 25.1 Å². The number of carbonyl (C=O) groups excluding carboxylic acids is 2. The minimum absolute atomic E-state index is 0.235. The molecule has 25 heavy (non-hydrogen) atoms. The van der Waals surface area contributed by atoms with Gasteiger partial charge in [-0.15, -0.1) is 0 Å². The van der Waals surface area contributed by atoms with Gasteiger partial charge in [0.15, 0.2) is 13.2 Å². The Labute approximate surface area is 148 Å². The van der Waals surface area contributed by atoms with Gasteiger partial charge in [0.2, 0.25) is 0 Å². The second kappa shape index (κ2) is 8.87. The monoisotopic (exact) mass is 341 g/mol. The predicted octanol–water partition coefficient (Wildman–Crippen LogP) is 3.68. The Kier molecular flexibility index (Phi) is 6.57. The number of carbonyl (C=O) groups is 2. The van der Waals surface area contributed by atoms with Crippen LogP contribution in [0.15, 0.2) is 48.5 Å². The van der Waals surface area contributed by atoms with E-state index in [1.165, 1.54) is 0 Å². The Morgan fingerprint density at radius 2 is 1.68 bits per heavy atom. The van der Waals surface area contributed by atoms with Gasteiger partial charge in [-0.1, -0.05) is 49.7 Å². The first-order valence-electron chi connectivity index (χ1n) is 8.19. The van der Waals surface area contributed by atoms with E-state index in [0.717, 1.165) is 11.1 Å². The van der Waals surface area contributed by atoms with Gasteiger partial charge in [-0.05, 0) is 36.6 Å². The highest BCUT2D eigenvalue weighted by Gasteiger charge is 2.11. The SMILES string of the molecule is Cc1ccc(NC(=O)COC(=O)COc2ccccc2C(C)C)cc1. The van der Waals surface area contributed by atoms with Crippen molar-refractivity contribution in [3.05, 3.63) is 59.7 Å². The molecule has 2 rings (SSSR count). The van der Waals surface area contributed by atoms with Crippen LogP contribution in [0.5, 0.6) is 5.75 Å². The van der Waals surface area contributed by atoms with E-state index in [1.54, 1.807) is 12.1 Å². The second-order valence-corrected chi connectivity index (χ2v) is 6.06. The summed E-state index contributed by atoms with van der Waals surface area (Å²) in [6, 6.07) is 14.9. The lowest BCUT2D eigenvalue weighted by molar-refractivity contribution is -0.149. The highest BCUT2D eigenvalue weighted by molar-refractivity contribution is 5.92. The van der Waals surface area contributed by atoms with Crippen molar-refractivity contribution in [1.82, 2.24) is 0 Å². The molecule has 0 radical (unpaired) electrons. The molecule has 1 N–H and O–H groups in total. The van der Waals surface area contributed by atoms with Crippen LogP contribution in [0.1, 0.15) is 30.9 Å². The summed E-state index contributed by atoms with van der Waals surface area (Å²) in [7, 11) is 0. The summed E-state index contributed by atoms with van der Waals surface area (Å²) in [5, 5.41) is 2.67. The minimum Gasteiger partial charge on any atom is -0.482 e. The van der Waals surface area contributed by atoms with Crippen LogP contribution >= 0.6 is 0 Å². The first kappa shape index (κ1) is 18.5. The molecule has 0 aliphatic rings. The Morgan fingerprint density at radius 1 is 1.00 bits per heavy atom. The van der Waals surface area contributed by atoms with Crippen LogP contribution in [0, 0.1) is 6.92 Å². The van der Waals surface area contributed by atoms with Gasteiger partial charge in [0, 0.05) is 5.69 Å². The number of aryl methyl sites for hydroxylation is 1. The molecule has 5 heteroatoms. The first-order valence-corrected chi connectivity index (χ1v) is 8.19. The van der Waals surface area contributed by atoms with Gasteiger partial charge in [0.1, 0.15) is 5.75 Å². The van der Waals surface area contributed by atoms with Crippen molar-refractivity contribution in [3.8, 4) is 5.75 Å². The van der Waals surface area contributed by atoms with Gasteiger partial charge >= 0.3 is 5.97 Å². The molecule has 0 atom stereocenters. The summed E-state index contributed by atoms with van der Waals surface area (Å²) in [6.07, 6.45) is 0. The fraction of sp³-hybridized carbons (Fsp3) is 0.300. The van der Waals surface area contributed by atoms with Gasteiger partial charge in [-0.25, -0.2) is 4.79 Å². The number of para-hydroxylation sites is 1. The van der Waals surface area contributed by atoms with Crippen molar-refractivity contribution in [1.29, 1.82) is 0 Å². The molecule has 2 aromatic rings. The molecule has 2 aromatic carbocycles. The molecule has 0 saturated heterocycles. The van der Waals surface area contributed by atoms with E-state index >= 15 is 0 Å². The van der Waals surface area contributed by atoms with Crippen LogP contribution in [0.4, 0.5) is 5.69 Å². The number of ether oxygens (including phenoxy) is 2. The number of nitrogens with one attached hydrogen (secondary N) is 1. The molecule has 0 heterocycles. The molecule has 0 saturated carbocycles. The number of benzene rings is 2. The molecule has 1 amide bonds. The highest BCUT2D eigenvalue weighted by Crippen LogP contribution is 2.25. The maximum atomic E-state index is 11.8. The minimum atomic E-state index is -0.586. The Bertz CT molecular complexity index is 723. The number of anilines is 1. The zero-order valence-corrected chi connectivity index (χ0v) is 14.7. The topological polar surface area (TPSA) is 64.6 Å². The highest BCUT2D eigenvalue weighted by atomic mass is 16.6. The molecule has 0 aliphatic heterocycles. The second-order valence-electron chi connectivity index (χ2n) is 6.06.